The molecule has 1 rings (SSSR count). The van der Waals surface area contributed by atoms with Crippen molar-refractivity contribution in [1.29, 1.82) is 0 Å². The second kappa shape index (κ2) is 11.3. The maximum absolute atomic E-state index is 11.9. The van der Waals surface area contributed by atoms with Gasteiger partial charge in [-0.3, -0.25) is 4.79 Å². The van der Waals surface area contributed by atoms with Gasteiger partial charge in [-0.2, -0.15) is 13.2 Å². The third-order valence-corrected chi connectivity index (χ3v) is 2.41. The van der Waals surface area contributed by atoms with Crippen LogP contribution in [0.2, 0.25) is 0 Å². The molecule has 0 fully saturated rings. The number of hydrogen-bond donors (Lipinski definition) is 2. The molecule has 1 aromatic heterocycles. The third kappa shape index (κ3) is 10.2. The maximum atomic E-state index is 11.9. The molecule has 23 heavy (non-hydrogen) atoms. The van der Waals surface area contributed by atoms with Crippen molar-refractivity contribution < 1.29 is 27.4 Å². The molecular weight excluding hydrogens is 362 g/mol. The van der Waals surface area contributed by atoms with Gasteiger partial charge in [-0.05, 0) is 6.07 Å². The SMILES string of the molecule is COC(CN)CC(=O)Nc1ccc(OCC(F)(F)F)nc1.Cl.Cl. The first-order chi connectivity index (χ1) is 9.84. The number of alkyl halides is 3. The number of hydrogen-bond acceptors (Lipinski definition) is 5. The molecule has 1 aromatic rings. The summed E-state index contributed by atoms with van der Waals surface area (Å²) in [5.41, 5.74) is 5.73. The summed E-state index contributed by atoms with van der Waals surface area (Å²) in [6.07, 6.45) is -3.55. The highest BCUT2D eigenvalue weighted by Gasteiger charge is 2.28. The number of aromatic nitrogens is 1. The van der Waals surface area contributed by atoms with Crippen LogP contribution in [0, 0.1) is 0 Å². The quantitative estimate of drug-likeness (QED) is 0.757. The average Bonchev–Trinajstić information content (AvgIpc) is 2.43. The Morgan fingerprint density at radius 3 is 2.48 bits per heavy atom. The van der Waals surface area contributed by atoms with E-state index in [0.717, 1.165) is 0 Å². The van der Waals surface area contributed by atoms with Gasteiger partial charge in [0.1, 0.15) is 0 Å². The number of nitrogens with one attached hydrogen (secondary N) is 1. The van der Waals surface area contributed by atoms with E-state index >= 15 is 0 Å². The van der Waals surface area contributed by atoms with E-state index in [1.54, 1.807) is 0 Å². The summed E-state index contributed by atoms with van der Waals surface area (Å²) in [6.45, 7) is -1.22. The fourth-order valence-corrected chi connectivity index (χ4v) is 1.38. The normalized spacial score (nSPS) is 11.7. The number of methoxy groups -OCH3 is 1. The molecule has 0 aliphatic carbocycles. The first-order valence-electron chi connectivity index (χ1n) is 6.02. The van der Waals surface area contributed by atoms with E-state index in [1.165, 1.54) is 25.4 Å². The van der Waals surface area contributed by atoms with Crippen LogP contribution in [0.25, 0.3) is 0 Å². The van der Waals surface area contributed by atoms with Gasteiger partial charge in [-0.25, -0.2) is 4.98 Å². The molecule has 0 aliphatic rings. The van der Waals surface area contributed by atoms with Gasteiger partial charge < -0.3 is 20.5 Å². The molecular formula is C12H18Cl2F3N3O3. The number of nitrogens with two attached hydrogens (primary N) is 1. The minimum atomic E-state index is -4.42. The van der Waals surface area contributed by atoms with Crippen LogP contribution in [-0.4, -0.2) is 43.4 Å². The van der Waals surface area contributed by atoms with Crippen molar-refractivity contribution in [3.63, 3.8) is 0 Å². The Bertz CT molecular complexity index is 457. The standard InChI is InChI=1S/C12H16F3N3O3.2ClH/c1-20-9(5-16)4-10(19)18-8-2-3-11(17-6-8)21-7-12(13,14)15;;/h2-3,6,9H,4-5,7,16H2,1H3,(H,18,19);2*1H. The zero-order valence-corrected chi connectivity index (χ0v) is 13.8. The van der Waals surface area contributed by atoms with E-state index in [1.807, 2.05) is 0 Å². The number of amides is 1. The van der Waals surface area contributed by atoms with Gasteiger partial charge in [0.05, 0.1) is 24.4 Å². The summed E-state index contributed by atoms with van der Waals surface area (Å²) in [4.78, 5) is 15.3. The highest BCUT2D eigenvalue weighted by atomic mass is 35.5. The van der Waals surface area contributed by atoms with Crippen molar-refractivity contribution in [1.82, 2.24) is 4.98 Å². The van der Waals surface area contributed by atoms with Crippen LogP contribution >= 0.6 is 24.8 Å². The number of carbonyl (C=O) groups excluding carboxylic acids is 1. The molecule has 134 valence electrons. The number of halogens is 5. The monoisotopic (exact) mass is 379 g/mol. The topological polar surface area (TPSA) is 86.5 Å². The molecule has 1 heterocycles. The Balaban J connectivity index is 0. The van der Waals surface area contributed by atoms with Gasteiger partial charge in [0, 0.05) is 19.7 Å². The molecule has 0 aliphatic heterocycles. The van der Waals surface area contributed by atoms with E-state index < -0.39 is 18.9 Å². The maximum Gasteiger partial charge on any atom is 0.422 e. The molecule has 0 saturated heterocycles. The van der Waals surface area contributed by atoms with Crippen LogP contribution < -0.4 is 15.8 Å². The summed E-state index contributed by atoms with van der Waals surface area (Å²) in [7, 11) is 1.44. The average molecular weight is 380 g/mol. The van der Waals surface area contributed by atoms with Crippen LogP contribution in [0.4, 0.5) is 18.9 Å². The van der Waals surface area contributed by atoms with Crippen LogP contribution in [-0.2, 0) is 9.53 Å². The van der Waals surface area contributed by atoms with Gasteiger partial charge in [0.2, 0.25) is 11.8 Å². The van der Waals surface area contributed by atoms with Gasteiger partial charge in [-0.1, -0.05) is 0 Å². The van der Waals surface area contributed by atoms with E-state index in [0.29, 0.717) is 5.69 Å². The summed E-state index contributed by atoms with van der Waals surface area (Å²) >= 11 is 0. The molecule has 1 unspecified atom stereocenters. The zero-order valence-electron chi connectivity index (χ0n) is 12.1. The molecule has 0 bridgehead atoms. The number of nitrogens with zero attached hydrogens (tertiary/aromatic N) is 1. The molecule has 0 saturated carbocycles. The lowest BCUT2D eigenvalue weighted by atomic mass is 10.2. The van der Waals surface area contributed by atoms with E-state index in [-0.39, 0.29) is 49.6 Å². The number of carbonyl (C=O) groups is 1. The first kappa shape index (κ1) is 24.0. The van der Waals surface area contributed by atoms with Crippen LogP contribution in [0.15, 0.2) is 18.3 Å². The lowest BCUT2D eigenvalue weighted by molar-refractivity contribution is -0.154. The van der Waals surface area contributed by atoms with E-state index in [9.17, 15) is 18.0 Å². The summed E-state index contributed by atoms with van der Waals surface area (Å²) in [6, 6.07) is 2.62. The lowest BCUT2D eigenvalue weighted by Crippen LogP contribution is -2.28. The Hall–Kier alpha value is -1.29. The Kier molecular flexibility index (Phi) is 11.8. The third-order valence-electron chi connectivity index (χ3n) is 2.41. The predicted molar refractivity (Wildman–Crippen MR) is 83.4 cm³/mol. The van der Waals surface area contributed by atoms with Crippen LogP contribution in [0.3, 0.4) is 0 Å². The minimum Gasteiger partial charge on any atom is -0.468 e. The first-order valence-corrected chi connectivity index (χ1v) is 6.02. The van der Waals surface area contributed by atoms with Crippen molar-refractivity contribution in [3.05, 3.63) is 18.3 Å². The lowest BCUT2D eigenvalue weighted by Gasteiger charge is -2.12. The Labute approximate surface area is 143 Å². The zero-order chi connectivity index (χ0) is 15.9. The molecule has 0 spiro atoms. The van der Waals surface area contributed by atoms with Gasteiger partial charge >= 0.3 is 6.18 Å². The highest BCUT2D eigenvalue weighted by molar-refractivity contribution is 5.90. The molecule has 11 heteroatoms. The fourth-order valence-electron chi connectivity index (χ4n) is 1.38. The predicted octanol–water partition coefficient (Wildman–Crippen LogP) is 2.17. The van der Waals surface area contributed by atoms with Gasteiger partial charge in [-0.15, -0.1) is 24.8 Å². The van der Waals surface area contributed by atoms with Crippen molar-refractivity contribution in [3.8, 4) is 5.88 Å². The second-order valence-corrected chi connectivity index (χ2v) is 4.13. The number of pyridine rings is 1. The largest absolute Gasteiger partial charge is 0.468 e. The van der Waals surface area contributed by atoms with Crippen LogP contribution in [0.5, 0.6) is 5.88 Å². The van der Waals surface area contributed by atoms with Crippen LogP contribution in [0.1, 0.15) is 6.42 Å². The number of anilines is 1. The number of ether oxygens (including phenoxy) is 2. The van der Waals surface area contributed by atoms with Crippen molar-refractivity contribution in [2.24, 2.45) is 5.73 Å². The second-order valence-electron chi connectivity index (χ2n) is 4.13. The minimum absolute atomic E-state index is 0. The smallest absolute Gasteiger partial charge is 0.422 e. The summed E-state index contributed by atoms with van der Waals surface area (Å²) < 4.78 is 45.3. The molecule has 0 aromatic carbocycles. The molecule has 1 amide bonds. The fraction of sp³-hybridized carbons (Fsp3) is 0.500. The number of rotatable bonds is 7. The van der Waals surface area contributed by atoms with Crippen molar-refractivity contribution >= 4 is 36.4 Å². The molecule has 6 nitrogen and oxygen atoms in total. The molecule has 0 radical (unpaired) electrons. The molecule has 3 N–H and O–H groups in total. The Morgan fingerprint density at radius 1 is 1.39 bits per heavy atom. The summed E-state index contributed by atoms with van der Waals surface area (Å²) in [5.74, 6) is -0.514. The van der Waals surface area contributed by atoms with E-state index in [4.69, 9.17) is 10.5 Å². The van der Waals surface area contributed by atoms with Gasteiger partial charge in [0.15, 0.2) is 6.61 Å². The van der Waals surface area contributed by atoms with E-state index in [2.05, 4.69) is 15.0 Å². The van der Waals surface area contributed by atoms with Gasteiger partial charge in [0.25, 0.3) is 0 Å². The van der Waals surface area contributed by atoms with Crippen molar-refractivity contribution in [2.45, 2.75) is 18.7 Å². The summed E-state index contributed by atoms with van der Waals surface area (Å²) in [5, 5.41) is 2.53. The highest BCUT2D eigenvalue weighted by Crippen LogP contribution is 2.18. The Morgan fingerprint density at radius 2 is 2.04 bits per heavy atom. The molecule has 1 atom stereocenters. The van der Waals surface area contributed by atoms with Crippen molar-refractivity contribution in [2.75, 3.05) is 25.6 Å².